The van der Waals surface area contributed by atoms with Crippen molar-refractivity contribution in [2.75, 3.05) is 18.8 Å². The number of hydrogen-bond acceptors (Lipinski definition) is 6. The maximum absolute atomic E-state index is 7.76. The molecule has 128 valence electrons. The van der Waals surface area contributed by atoms with Crippen LogP contribution in [-0.4, -0.2) is 39.9 Å². The van der Waals surface area contributed by atoms with Gasteiger partial charge in [-0.05, 0) is 32.3 Å². The summed E-state index contributed by atoms with van der Waals surface area (Å²) in [6.45, 7) is 9.97. The highest BCUT2D eigenvalue weighted by Crippen LogP contribution is 2.19. The molecule has 1 aromatic rings. The van der Waals surface area contributed by atoms with Crippen molar-refractivity contribution in [2.24, 2.45) is 4.99 Å². The van der Waals surface area contributed by atoms with E-state index in [-0.39, 0.29) is 5.95 Å². The summed E-state index contributed by atoms with van der Waals surface area (Å²) in [7, 11) is 0. The number of nitrogens with one attached hydrogen (secondary N) is 1. The van der Waals surface area contributed by atoms with Crippen molar-refractivity contribution in [2.45, 2.75) is 39.5 Å². The average Bonchev–Trinajstić information content (AvgIpc) is 2.85. The molecule has 6 nitrogen and oxygen atoms in total. The summed E-state index contributed by atoms with van der Waals surface area (Å²) < 4.78 is 0. The van der Waals surface area contributed by atoms with Crippen LogP contribution in [-0.2, 0) is 0 Å². The van der Waals surface area contributed by atoms with Gasteiger partial charge in [0.15, 0.2) is 0 Å². The Balaban J connectivity index is 2.24. The lowest BCUT2D eigenvalue weighted by molar-refractivity contribution is 0.357. The minimum absolute atomic E-state index is 0.239. The summed E-state index contributed by atoms with van der Waals surface area (Å²) in [4.78, 5) is 14.9. The van der Waals surface area contributed by atoms with Gasteiger partial charge in [0.05, 0.1) is 0 Å². The molecule has 24 heavy (non-hydrogen) atoms. The first kappa shape index (κ1) is 17.8. The fraction of sp³-hybridized carbons (Fsp3) is 0.444. The zero-order valence-corrected chi connectivity index (χ0v) is 14.5. The van der Waals surface area contributed by atoms with Crippen molar-refractivity contribution in [3.63, 3.8) is 0 Å². The molecular weight excluding hydrogens is 300 g/mol. The number of aromatic nitrogens is 2. The second-order valence-corrected chi connectivity index (χ2v) is 6.03. The molecule has 2 rings (SSSR count). The van der Waals surface area contributed by atoms with E-state index in [0.29, 0.717) is 0 Å². The summed E-state index contributed by atoms with van der Waals surface area (Å²) in [5.74, 6) is 1.01. The number of anilines is 1. The number of nitrogens with two attached hydrogens (primary N) is 1. The summed E-state index contributed by atoms with van der Waals surface area (Å²) in [5.41, 5.74) is 8.78. The Bertz CT molecular complexity index is 649. The van der Waals surface area contributed by atoms with Gasteiger partial charge in [-0.3, -0.25) is 0 Å². The van der Waals surface area contributed by atoms with Crippen LogP contribution in [0.3, 0.4) is 0 Å². The minimum atomic E-state index is 0.239. The Labute approximate surface area is 143 Å². The molecule has 0 spiro atoms. The molecule has 1 aliphatic rings. The van der Waals surface area contributed by atoms with Gasteiger partial charge in [0.1, 0.15) is 5.82 Å². The predicted octanol–water partition coefficient (Wildman–Crippen LogP) is 3.29. The van der Waals surface area contributed by atoms with Crippen molar-refractivity contribution in [3.8, 4) is 0 Å². The molecule has 1 saturated heterocycles. The normalized spacial score (nSPS) is 17.1. The topological polar surface area (TPSA) is 91.2 Å². The molecule has 1 aliphatic heterocycles. The molecule has 2 heterocycles. The largest absolute Gasteiger partial charge is 0.368 e. The first-order valence-corrected chi connectivity index (χ1v) is 8.31. The predicted molar refractivity (Wildman–Crippen MR) is 100 cm³/mol. The molecule has 0 unspecified atom stereocenters. The zero-order valence-electron chi connectivity index (χ0n) is 14.5. The second kappa shape index (κ2) is 8.38. The first-order valence-electron chi connectivity index (χ1n) is 8.31. The van der Waals surface area contributed by atoms with Crippen molar-refractivity contribution >= 4 is 23.4 Å². The fourth-order valence-corrected chi connectivity index (χ4v) is 2.82. The molecule has 1 aromatic heterocycles. The van der Waals surface area contributed by atoms with Gasteiger partial charge >= 0.3 is 0 Å². The third kappa shape index (κ3) is 4.50. The van der Waals surface area contributed by atoms with Crippen LogP contribution < -0.4 is 5.73 Å². The van der Waals surface area contributed by atoms with Gasteiger partial charge in [0.25, 0.3) is 0 Å². The number of rotatable bonds is 5. The van der Waals surface area contributed by atoms with E-state index in [9.17, 15) is 0 Å². The van der Waals surface area contributed by atoms with Crippen molar-refractivity contribution in [3.05, 3.63) is 35.9 Å². The molecule has 1 fully saturated rings. The maximum Gasteiger partial charge on any atom is 0.219 e. The highest BCUT2D eigenvalue weighted by molar-refractivity contribution is 6.20. The standard InChI is InChI=1S/C18H26N6/c1-13(16-11-21-18(20)22-12-16)17(10-19)14(2)23-15(3)24-8-6-4-5-7-9-24/h10-12,19H,3-9H2,1-2H3,(H2,20,21,22)/b17-13+,19-10?,23-14?. The van der Waals surface area contributed by atoms with E-state index < -0.39 is 0 Å². The van der Waals surface area contributed by atoms with Crippen LogP contribution in [0.1, 0.15) is 45.1 Å². The van der Waals surface area contributed by atoms with Gasteiger partial charge in [-0.2, -0.15) is 0 Å². The third-order valence-corrected chi connectivity index (χ3v) is 4.31. The Morgan fingerprint density at radius 2 is 1.79 bits per heavy atom. The number of likely N-dealkylation sites (tertiary alicyclic amines) is 1. The molecule has 0 bridgehead atoms. The summed E-state index contributed by atoms with van der Waals surface area (Å²) >= 11 is 0. The Morgan fingerprint density at radius 3 is 2.33 bits per heavy atom. The average molecular weight is 326 g/mol. The molecule has 3 N–H and O–H groups in total. The highest BCUT2D eigenvalue weighted by Gasteiger charge is 2.12. The van der Waals surface area contributed by atoms with E-state index >= 15 is 0 Å². The number of nitrogens with zero attached hydrogens (tertiary/aromatic N) is 4. The zero-order chi connectivity index (χ0) is 17.5. The molecule has 0 amide bonds. The van der Waals surface area contributed by atoms with Gasteiger partial charge in [-0.15, -0.1) is 0 Å². The van der Waals surface area contributed by atoms with Gasteiger partial charge in [0, 0.05) is 48.5 Å². The van der Waals surface area contributed by atoms with Crippen LogP contribution in [0.5, 0.6) is 0 Å². The summed E-state index contributed by atoms with van der Waals surface area (Å²) in [6.07, 6.45) is 9.56. The van der Waals surface area contributed by atoms with E-state index in [0.717, 1.165) is 41.3 Å². The molecule has 6 heteroatoms. The SMILES string of the molecule is C=C(N=C(C)/C(C=N)=C(\C)c1cnc(N)nc1)N1CCCCCC1. The lowest BCUT2D eigenvalue weighted by Crippen LogP contribution is -2.23. The quantitative estimate of drug-likeness (QED) is 0.812. The van der Waals surface area contributed by atoms with E-state index in [1.54, 1.807) is 12.4 Å². The molecular formula is C18H26N6. The smallest absolute Gasteiger partial charge is 0.219 e. The van der Waals surface area contributed by atoms with Crippen molar-refractivity contribution in [1.29, 1.82) is 5.41 Å². The molecule has 0 aromatic carbocycles. The number of hydrogen-bond donors (Lipinski definition) is 2. The maximum atomic E-state index is 7.76. The van der Waals surface area contributed by atoms with Crippen LogP contribution in [0, 0.1) is 5.41 Å². The molecule has 0 aliphatic carbocycles. The van der Waals surface area contributed by atoms with E-state index in [1.165, 1.54) is 31.9 Å². The minimum Gasteiger partial charge on any atom is -0.368 e. The lowest BCUT2D eigenvalue weighted by Gasteiger charge is -2.22. The van der Waals surface area contributed by atoms with Crippen LogP contribution in [0.15, 0.2) is 35.4 Å². The summed E-state index contributed by atoms with van der Waals surface area (Å²) in [6, 6.07) is 0. The van der Waals surface area contributed by atoms with Crippen molar-refractivity contribution in [1.82, 2.24) is 14.9 Å². The summed E-state index contributed by atoms with van der Waals surface area (Å²) in [5, 5.41) is 7.76. The Hall–Kier alpha value is -2.50. The Kier molecular flexibility index (Phi) is 6.23. The van der Waals surface area contributed by atoms with Gasteiger partial charge in [0.2, 0.25) is 5.95 Å². The monoisotopic (exact) mass is 326 g/mol. The van der Waals surface area contributed by atoms with Gasteiger partial charge in [-0.1, -0.05) is 19.4 Å². The highest BCUT2D eigenvalue weighted by atomic mass is 15.2. The number of nitrogen functional groups attached to an aromatic ring is 1. The van der Waals surface area contributed by atoms with Gasteiger partial charge in [-0.25, -0.2) is 15.0 Å². The molecule has 0 atom stereocenters. The van der Waals surface area contributed by atoms with E-state index in [2.05, 4.69) is 26.4 Å². The van der Waals surface area contributed by atoms with Gasteiger partial charge < -0.3 is 16.0 Å². The third-order valence-electron chi connectivity index (χ3n) is 4.31. The van der Waals surface area contributed by atoms with E-state index in [1.807, 2.05) is 13.8 Å². The second-order valence-electron chi connectivity index (χ2n) is 6.03. The molecule has 0 radical (unpaired) electrons. The fourth-order valence-electron chi connectivity index (χ4n) is 2.82. The molecule has 0 saturated carbocycles. The number of aliphatic imine (C=N–C) groups is 1. The Morgan fingerprint density at radius 1 is 1.21 bits per heavy atom. The van der Waals surface area contributed by atoms with Crippen LogP contribution >= 0.6 is 0 Å². The van der Waals surface area contributed by atoms with Crippen LogP contribution in [0.4, 0.5) is 5.95 Å². The van der Waals surface area contributed by atoms with Crippen molar-refractivity contribution < 1.29 is 0 Å². The van der Waals surface area contributed by atoms with Crippen LogP contribution in [0.2, 0.25) is 0 Å². The first-order chi connectivity index (χ1) is 11.5. The van der Waals surface area contributed by atoms with E-state index in [4.69, 9.17) is 11.1 Å². The number of allylic oxidation sites excluding steroid dienone is 2. The lowest BCUT2D eigenvalue weighted by atomic mass is 10.0. The van der Waals surface area contributed by atoms with Crippen LogP contribution in [0.25, 0.3) is 5.57 Å².